The van der Waals surface area contributed by atoms with Gasteiger partial charge in [-0.05, 0) is 66.8 Å². The zero-order valence-electron chi connectivity index (χ0n) is 17.0. The monoisotopic (exact) mass is 373 g/mol. The fourth-order valence-corrected chi connectivity index (χ4v) is 3.40. The van der Waals surface area contributed by atoms with Gasteiger partial charge in [-0.1, -0.05) is 74.9 Å². The minimum Gasteiger partial charge on any atom is -0.457 e. The van der Waals surface area contributed by atoms with Crippen molar-refractivity contribution in [3.63, 3.8) is 0 Å². The van der Waals surface area contributed by atoms with Gasteiger partial charge in [-0.2, -0.15) is 0 Å². The molecule has 0 bridgehead atoms. The normalized spacial score (nSPS) is 11.9. The maximum atomic E-state index is 5.91. The molecule has 0 aliphatic rings. The molecule has 3 aromatic carbocycles. The van der Waals surface area contributed by atoms with Crippen molar-refractivity contribution in [2.24, 2.45) is 0 Å². The molecule has 0 aromatic heterocycles. The smallest absolute Gasteiger partial charge is 0.127 e. The van der Waals surface area contributed by atoms with Crippen LogP contribution in [0.4, 0.5) is 0 Å². The molecule has 0 heterocycles. The maximum absolute atomic E-state index is 5.91. The van der Waals surface area contributed by atoms with Crippen LogP contribution in [0.1, 0.15) is 49.4 Å². The van der Waals surface area contributed by atoms with E-state index in [0.717, 1.165) is 43.7 Å². The zero-order valence-corrected chi connectivity index (χ0v) is 17.0. The molecule has 0 spiro atoms. The van der Waals surface area contributed by atoms with Crippen molar-refractivity contribution < 1.29 is 4.74 Å². The van der Waals surface area contributed by atoms with Gasteiger partial charge in [-0.25, -0.2) is 0 Å². The van der Waals surface area contributed by atoms with Crippen molar-refractivity contribution in [3.05, 3.63) is 95.6 Å². The van der Waals surface area contributed by atoms with Gasteiger partial charge in [0.25, 0.3) is 0 Å². The lowest BCUT2D eigenvalue weighted by molar-refractivity contribution is 0.478. The third-order valence-corrected chi connectivity index (χ3v) is 5.07. The Hall–Kier alpha value is -2.58. The highest BCUT2D eigenvalue weighted by Gasteiger charge is 2.10. The predicted molar refractivity (Wildman–Crippen MR) is 118 cm³/mol. The Kier molecular flexibility index (Phi) is 7.69. The van der Waals surface area contributed by atoms with Crippen LogP contribution in [0.2, 0.25) is 0 Å². The first-order valence-corrected chi connectivity index (χ1v) is 10.4. The van der Waals surface area contributed by atoms with Crippen LogP contribution in [-0.2, 0) is 12.8 Å². The molecule has 2 heteroatoms. The average molecular weight is 374 g/mol. The van der Waals surface area contributed by atoms with Gasteiger partial charge in [0.1, 0.15) is 11.5 Å². The molecule has 28 heavy (non-hydrogen) atoms. The van der Waals surface area contributed by atoms with E-state index < -0.39 is 0 Å². The molecule has 2 nitrogen and oxygen atoms in total. The van der Waals surface area contributed by atoms with Gasteiger partial charge in [-0.3, -0.25) is 0 Å². The second-order valence-corrected chi connectivity index (χ2v) is 7.20. The summed E-state index contributed by atoms with van der Waals surface area (Å²) in [7, 11) is 0. The van der Waals surface area contributed by atoms with Crippen LogP contribution in [0.25, 0.3) is 0 Å². The molecule has 0 saturated carbocycles. The highest BCUT2D eigenvalue weighted by Crippen LogP contribution is 2.25. The van der Waals surface area contributed by atoms with Crippen LogP contribution < -0.4 is 10.1 Å². The summed E-state index contributed by atoms with van der Waals surface area (Å²) in [4.78, 5) is 0. The second-order valence-electron chi connectivity index (χ2n) is 7.20. The van der Waals surface area contributed by atoms with Crippen LogP contribution in [0.3, 0.4) is 0 Å². The average Bonchev–Trinajstić information content (AvgIpc) is 2.75. The molecule has 1 atom stereocenters. The van der Waals surface area contributed by atoms with Gasteiger partial charge >= 0.3 is 0 Å². The van der Waals surface area contributed by atoms with Crippen LogP contribution in [0.5, 0.6) is 11.5 Å². The van der Waals surface area contributed by atoms with Crippen molar-refractivity contribution in [3.8, 4) is 11.5 Å². The highest BCUT2D eigenvalue weighted by molar-refractivity contribution is 5.34. The minimum absolute atomic E-state index is 0.380. The fraction of sp³-hybridized carbons (Fsp3) is 0.308. The maximum Gasteiger partial charge on any atom is 0.127 e. The Labute approximate surface area is 169 Å². The Morgan fingerprint density at radius 1 is 0.750 bits per heavy atom. The topological polar surface area (TPSA) is 21.3 Å². The molecule has 0 radical (unpaired) electrons. The molecule has 3 rings (SSSR count). The van der Waals surface area contributed by atoms with E-state index in [1.54, 1.807) is 0 Å². The molecular weight excluding hydrogens is 342 g/mol. The highest BCUT2D eigenvalue weighted by atomic mass is 16.5. The van der Waals surface area contributed by atoms with Crippen molar-refractivity contribution in [2.45, 2.75) is 45.6 Å². The van der Waals surface area contributed by atoms with Gasteiger partial charge in [0, 0.05) is 6.04 Å². The lowest BCUT2D eigenvalue weighted by atomic mass is 10.0. The van der Waals surface area contributed by atoms with Crippen LogP contribution in [-0.4, -0.2) is 6.54 Å². The number of hydrogen-bond donors (Lipinski definition) is 1. The summed E-state index contributed by atoms with van der Waals surface area (Å²) in [5.41, 5.74) is 4.12. The van der Waals surface area contributed by atoms with Gasteiger partial charge < -0.3 is 10.1 Å². The Balaban J connectivity index is 1.56. The number of ether oxygens (including phenoxy) is 1. The van der Waals surface area contributed by atoms with E-state index in [1.807, 2.05) is 30.3 Å². The number of para-hydroxylation sites is 1. The van der Waals surface area contributed by atoms with Gasteiger partial charge in [0.05, 0.1) is 0 Å². The van der Waals surface area contributed by atoms with E-state index in [-0.39, 0.29) is 0 Å². The van der Waals surface area contributed by atoms with Crippen molar-refractivity contribution in [1.82, 2.24) is 5.32 Å². The van der Waals surface area contributed by atoms with E-state index in [2.05, 4.69) is 67.7 Å². The summed E-state index contributed by atoms with van der Waals surface area (Å²) in [6.45, 7) is 5.42. The van der Waals surface area contributed by atoms with Crippen LogP contribution >= 0.6 is 0 Å². The first-order valence-electron chi connectivity index (χ1n) is 10.4. The summed E-state index contributed by atoms with van der Waals surface area (Å²) in [5, 5.41) is 3.74. The van der Waals surface area contributed by atoms with Gasteiger partial charge in [0.2, 0.25) is 0 Å². The number of nitrogens with one attached hydrogen (secondary N) is 1. The predicted octanol–water partition coefficient (Wildman–Crippen LogP) is 6.71. The van der Waals surface area contributed by atoms with Crippen molar-refractivity contribution in [1.29, 1.82) is 0 Å². The quantitative estimate of drug-likeness (QED) is 0.426. The minimum atomic E-state index is 0.380. The van der Waals surface area contributed by atoms with Crippen molar-refractivity contribution in [2.75, 3.05) is 6.54 Å². The molecule has 0 fully saturated rings. The molecule has 1 unspecified atom stereocenters. The van der Waals surface area contributed by atoms with Gasteiger partial charge in [-0.15, -0.1) is 0 Å². The largest absolute Gasteiger partial charge is 0.457 e. The van der Waals surface area contributed by atoms with E-state index >= 15 is 0 Å². The Bertz CT molecular complexity index is 809. The summed E-state index contributed by atoms with van der Waals surface area (Å²) in [6, 6.07) is 27.8. The molecule has 3 aromatic rings. The third-order valence-electron chi connectivity index (χ3n) is 5.07. The number of rotatable bonds is 10. The molecule has 0 aliphatic heterocycles. The molecule has 0 amide bonds. The first kappa shape index (κ1) is 20.2. The second kappa shape index (κ2) is 10.7. The van der Waals surface area contributed by atoms with Crippen LogP contribution in [0, 0.1) is 0 Å². The van der Waals surface area contributed by atoms with E-state index in [9.17, 15) is 0 Å². The lowest BCUT2D eigenvalue weighted by Crippen LogP contribution is -2.23. The van der Waals surface area contributed by atoms with E-state index in [0.29, 0.717) is 6.04 Å². The van der Waals surface area contributed by atoms with Crippen molar-refractivity contribution >= 4 is 0 Å². The summed E-state index contributed by atoms with van der Waals surface area (Å²) < 4.78 is 5.91. The van der Waals surface area contributed by atoms with Gasteiger partial charge in [0.15, 0.2) is 0 Å². The van der Waals surface area contributed by atoms with E-state index in [4.69, 9.17) is 4.74 Å². The molecule has 0 aliphatic carbocycles. The summed E-state index contributed by atoms with van der Waals surface area (Å²) >= 11 is 0. The number of hydrogen-bond acceptors (Lipinski definition) is 2. The van der Waals surface area contributed by atoms with E-state index in [1.165, 1.54) is 16.7 Å². The Morgan fingerprint density at radius 3 is 2.04 bits per heavy atom. The molecule has 0 saturated heterocycles. The SMILES string of the molecule is CCCC(NCCc1ccc(CC)cc1)c1ccc(Oc2ccccc2)cc1. The summed E-state index contributed by atoms with van der Waals surface area (Å²) in [6.07, 6.45) is 4.44. The van der Waals surface area contributed by atoms with Crippen LogP contribution in [0.15, 0.2) is 78.9 Å². The number of aryl methyl sites for hydroxylation is 1. The molecule has 1 N–H and O–H groups in total. The first-order chi connectivity index (χ1) is 13.8. The number of benzene rings is 3. The zero-order chi connectivity index (χ0) is 19.6. The Morgan fingerprint density at radius 2 is 1.39 bits per heavy atom. The fourth-order valence-electron chi connectivity index (χ4n) is 3.40. The lowest BCUT2D eigenvalue weighted by Gasteiger charge is -2.19. The summed E-state index contributed by atoms with van der Waals surface area (Å²) in [5.74, 6) is 1.74. The molecular formula is C26H31NO. The third kappa shape index (κ3) is 5.97. The molecule has 146 valence electrons. The standard InChI is InChI=1S/C26H31NO/c1-3-8-26(27-20-19-22-13-11-21(4-2)12-14-22)23-15-17-25(18-16-23)28-24-9-6-5-7-10-24/h5-7,9-18,26-27H,3-4,8,19-20H2,1-2H3.